The van der Waals surface area contributed by atoms with E-state index in [1.165, 1.54) is 0 Å². The summed E-state index contributed by atoms with van der Waals surface area (Å²) in [5.74, 6) is -0.949. The fourth-order valence-electron chi connectivity index (χ4n) is 1.70. The van der Waals surface area contributed by atoms with Crippen molar-refractivity contribution in [2.24, 2.45) is 0 Å². The van der Waals surface area contributed by atoms with E-state index in [9.17, 15) is 9.59 Å². The largest absolute Gasteiger partial charge is 0.484 e. The molecule has 0 aliphatic carbocycles. The molecular formula is C14H18ClNO4. The van der Waals surface area contributed by atoms with E-state index in [0.29, 0.717) is 23.6 Å². The molecule has 1 amide bonds. The predicted octanol–water partition coefficient (Wildman–Crippen LogP) is 2.40. The van der Waals surface area contributed by atoms with Crippen molar-refractivity contribution in [2.75, 3.05) is 6.61 Å². The highest BCUT2D eigenvalue weighted by molar-refractivity contribution is 6.30. The van der Waals surface area contributed by atoms with Crippen LogP contribution in [0.1, 0.15) is 25.3 Å². The fraction of sp³-hybridized carbons (Fsp3) is 0.429. The zero-order valence-electron chi connectivity index (χ0n) is 11.5. The van der Waals surface area contributed by atoms with Crippen LogP contribution in [0.15, 0.2) is 18.2 Å². The van der Waals surface area contributed by atoms with Crippen molar-refractivity contribution in [3.63, 3.8) is 0 Å². The van der Waals surface area contributed by atoms with Gasteiger partial charge in [-0.2, -0.15) is 0 Å². The van der Waals surface area contributed by atoms with Crippen molar-refractivity contribution in [3.8, 4) is 5.75 Å². The molecule has 1 aromatic rings. The molecule has 0 saturated heterocycles. The normalized spacial score (nSPS) is 11.8. The lowest BCUT2D eigenvalue weighted by atomic mass is 10.2. The lowest BCUT2D eigenvalue weighted by Gasteiger charge is -2.14. The van der Waals surface area contributed by atoms with Gasteiger partial charge < -0.3 is 15.2 Å². The minimum Gasteiger partial charge on any atom is -0.484 e. The number of aliphatic carboxylic acids is 1. The number of benzene rings is 1. The second kappa shape index (κ2) is 7.75. The second-order valence-corrected chi connectivity index (χ2v) is 4.88. The maximum Gasteiger partial charge on any atom is 0.326 e. The van der Waals surface area contributed by atoms with Crippen molar-refractivity contribution >= 4 is 23.5 Å². The number of carboxylic acid groups (broad SMARTS) is 1. The first kappa shape index (κ1) is 16.3. The molecule has 0 saturated carbocycles. The molecule has 6 heteroatoms. The van der Waals surface area contributed by atoms with Crippen LogP contribution in [0.25, 0.3) is 0 Å². The van der Waals surface area contributed by atoms with Gasteiger partial charge in [0.2, 0.25) is 0 Å². The molecule has 0 heterocycles. The fourth-order valence-corrected chi connectivity index (χ4v) is 1.93. The van der Waals surface area contributed by atoms with Crippen molar-refractivity contribution in [3.05, 3.63) is 28.8 Å². The number of ether oxygens (including phenoxy) is 1. The molecule has 0 aliphatic rings. The molecule has 0 unspecified atom stereocenters. The third-order valence-electron chi connectivity index (χ3n) is 2.71. The lowest BCUT2D eigenvalue weighted by Crippen LogP contribution is -2.42. The van der Waals surface area contributed by atoms with Gasteiger partial charge in [-0.05, 0) is 37.1 Å². The first-order chi connectivity index (χ1) is 9.43. The SMILES string of the molecule is CCC[C@H](NC(=O)COc1ccc(Cl)cc1C)C(=O)O. The highest BCUT2D eigenvalue weighted by Crippen LogP contribution is 2.21. The van der Waals surface area contributed by atoms with Gasteiger partial charge >= 0.3 is 5.97 Å². The summed E-state index contributed by atoms with van der Waals surface area (Å²) in [6.45, 7) is 3.45. The Balaban J connectivity index is 2.52. The first-order valence-corrected chi connectivity index (χ1v) is 6.73. The van der Waals surface area contributed by atoms with E-state index in [1.54, 1.807) is 18.2 Å². The van der Waals surface area contributed by atoms with Gasteiger partial charge in [0.25, 0.3) is 5.91 Å². The molecule has 1 rings (SSSR count). The van der Waals surface area contributed by atoms with Gasteiger partial charge in [-0.25, -0.2) is 4.79 Å². The van der Waals surface area contributed by atoms with Gasteiger partial charge in [-0.1, -0.05) is 24.9 Å². The molecule has 20 heavy (non-hydrogen) atoms. The zero-order chi connectivity index (χ0) is 15.1. The van der Waals surface area contributed by atoms with Crippen LogP contribution < -0.4 is 10.1 Å². The standard InChI is InChI=1S/C14H18ClNO4/c1-3-4-11(14(18)19)16-13(17)8-20-12-6-5-10(15)7-9(12)2/h5-7,11H,3-4,8H2,1-2H3,(H,16,17)(H,18,19)/t11-/m0/s1. The number of nitrogens with one attached hydrogen (secondary N) is 1. The summed E-state index contributed by atoms with van der Waals surface area (Å²) in [6.07, 6.45) is 1.06. The second-order valence-electron chi connectivity index (χ2n) is 4.45. The molecular weight excluding hydrogens is 282 g/mol. The monoisotopic (exact) mass is 299 g/mol. The average molecular weight is 300 g/mol. The number of halogens is 1. The summed E-state index contributed by atoms with van der Waals surface area (Å²) in [7, 11) is 0. The Morgan fingerprint density at radius 2 is 2.15 bits per heavy atom. The van der Waals surface area contributed by atoms with Gasteiger partial charge in [0, 0.05) is 5.02 Å². The van der Waals surface area contributed by atoms with Crippen molar-refractivity contribution in [2.45, 2.75) is 32.7 Å². The van der Waals surface area contributed by atoms with E-state index in [-0.39, 0.29) is 6.61 Å². The molecule has 0 fully saturated rings. The maximum atomic E-state index is 11.7. The first-order valence-electron chi connectivity index (χ1n) is 6.35. The summed E-state index contributed by atoms with van der Waals surface area (Å²) in [4.78, 5) is 22.6. The zero-order valence-corrected chi connectivity index (χ0v) is 12.2. The summed E-state index contributed by atoms with van der Waals surface area (Å²) < 4.78 is 5.35. The smallest absolute Gasteiger partial charge is 0.326 e. The van der Waals surface area contributed by atoms with Crippen LogP contribution in [0.3, 0.4) is 0 Å². The topological polar surface area (TPSA) is 75.6 Å². The van der Waals surface area contributed by atoms with Gasteiger partial charge in [0.05, 0.1) is 0 Å². The highest BCUT2D eigenvalue weighted by atomic mass is 35.5. The molecule has 2 N–H and O–H groups in total. The average Bonchev–Trinajstić information content (AvgIpc) is 2.37. The summed E-state index contributed by atoms with van der Waals surface area (Å²) in [5.41, 5.74) is 0.814. The highest BCUT2D eigenvalue weighted by Gasteiger charge is 2.18. The van der Waals surface area contributed by atoms with E-state index in [2.05, 4.69) is 5.32 Å². The molecule has 0 bridgehead atoms. The number of amides is 1. The van der Waals surface area contributed by atoms with Gasteiger partial charge in [-0.15, -0.1) is 0 Å². The number of carbonyl (C=O) groups excluding carboxylic acids is 1. The number of carboxylic acids is 1. The molecule has 0 radical (unpaired) electrons. The molecule has 1 aromatic carbocycles. The number of aryl methyl sites for hydroxylation is 1. The molecule has 0 aliphatic heterocycles. The van der Waals surface area contributed by atoms with E-state index >= 15 is 0 Å². The number of rotatable bonds is 7. The van der Waals surface area contributed by atoms with Gasteiger partial charge in [0.15, 0.2) is 6.61 Å². The Morgan fingerprint density at radius 1 is 1.45 bits per heavy atom. The van der Waals surface area contributed by atoms with Crippen molar-refractivity contribution in [1.82, 2.24) is 5.32 Å². The minimum atomic E-state index is -1.04. The van der Waals surface area contributed by atoms with E-state index in [0.717, 1.165) is 5.56 Å². The van der Waals surface area contributed by atoms with Crippen LogP contribution >= 0.6 is 11.6 Å². The third kappa shape index (κ3) is 5.09. The maximum absolute atomic E-state index is 11.7. The van der Waals surface area contributed by atoms with Crippen LogP contribution in [-0.2, 0) is 9.59 Å². The summed E-state index contributed by atoms with van der Waals surface area (Å²) in [6, 6.07) is 4.19. The van der Waals surface area contributed by atoms with Crippen LogP contribution in [0.5, 0.6) is 5.75 Å². The van der Waals surface area contributed by atoms with Crippen LogP contribution in [0, 0.1) is 6.92 Å². The van der Waals surface area contributed by atoms with E-state index in [1.807, 2.05) is 13.8 Å². The van der Waals surface area contributed by atoms with Crippen LogP contribution in [-0.4, -0.2) is 29.6 Å². The van der Waals surface area contributed by atoms with Crippen molar-refractivity contribution < 1.29 is 19.4 Å². The van der Waals surface area contributed by atoms with E-state index in [4.69, 9.17) is 21.4 Å². The Morgan fingerprint density at radius 3 is 2.70 bits per heavy atom. The Kier molecular flexibility index (Phi) is 6.31. The van der Waals surface area contributed by atoms with Gasteiger partial charge in [-0.3, -0.25) is 4.79 Å². The molecule has 5 nitrogen and oxygen atoms in total. The van der Waals surface area contributed by atoms with E-state index < -0.39 is 17.9 Å². The molecule has 1 atom stereocenters. The molecule has 0 spiro atoms. The number of hydrogen-bond acceptors (Lipinski definition) is 3. The number of hydrogen-bond donors (Lipinski definition) is 2. The Labute approximate surface area is 122 Å². The lowest BCUT2D eigenvalue weighted by molar-refractivity contribution is -0.142. The van der Waals surface area contributed by atoms with Crippen LogP contribution in [0.2, 0.25) is 5.02 Å². The summed E-state index contributed by atoms with van der Waals surface area (Å²) >= 11 is 5.82. The van der Waals surface area contributed by atoms with Gasteiger partial charge in [0.1, 0.15) is 11.8 Å². The minimum absolute atomic E-state index is 0.226. The molecule has 0 aromatic heterocycles. The Hall–Kier alpha value is -1.75. The van der Waals surface area contributed by atoms with Crippen LogP contribution in [0.4, 0.5) is 0 Å². The predicted molar refractivity (Wildman–Crippen MR) is 76.2 cm³/mol. The summed E-state index contributed by atoms with van der Waals surface area (Å²) in [5, 5.41) is 12.0. The Bertz CT molecular complexity index is 490. The number of carbonyl (C=O) groups is 2. The van der Waals surface area contributed by atoms with Crippen molar-refractivity contribution in [1.29, 1.82) is 0 Å². The third-order valence-corrected chi connectivity index (χ3v) is 2.94. The quantitative estimate of drug-likeness (QED) is 0.810. The molecule has 110 valence electrons.